The fraction of sp³-hybridized carbons (Fsp3) is 0.889. The minimum Gasteiger partial charge on any atom is -0.465 e. The summed E-state index contributed by atoms with van der Waals surface area (Å²) in [7, 11) is 2.63. The van der Waals surface area contributed by atoms with Crippen LogP contribution in [0.1, 0.15) is 19.8 Å². The van der Waals surface area contributed by atoms with Crippen molar-refractivity contribution in [2.45, 2.75) is 37.8 Å². The summed E-state index contributed by atoms with van der Waals surface area (Å²) in [4.78, 5) is 11.3. The predicted molar refractivity (Wildman–Crippen MR) is 47.5 cm³/mol. The average Bonchev–Trinajstić information content (AvgIpc) is 2.16. The number of ether oxygens (including phenoxy) is 3. The number of aliphatic hydroxyl groups is 1. The van der Waals surface area contributed by atoms with Gasteiger partial charge >= 0.3 is 5.97 Å². The Hall–Kier alpha value is -0.650. The summed E-state index contributed by atoms with van der Waals surface area (Å²) in [6.45, 7) is 1.79. The third-order valence-corrected chi connectivity index (χ3v) is 2.42. The van der Waals surface area contributed by atoms with Crippen LogP contribution in [-0.2, 0) is 19.0 Å². The molecule has 82 valence electrons. The van der Waals surface area contributed by atoms with Crippen LogP contribution in [-0.4, -0.2) is 43.3 Å². The number of rotatable bonds is 2. The van der Waals surface area contributed by atoms with Crippen LogP contribution in [0.4, 0.5) is 0 Å². The number of carbonyl (C=O) groups is 1. The lowest BCUT2D eigenvalue weighted by molar-refractivity contribution is -0.295. The average molecular weight is 204 g/mol. The highest BCUT2D eigenvalue weighted by molar-refractivity contribution is 5.78. The summed E-state index contributed by atoms with van der Waals surface area (Å²) in [5.74, 6) is -2.77. The van der Waals surface area contributed by atoms with Gasteiger partial charge in [-0.3, -0.25) is 0 Å². The maximum atomic E-state index is 11.3. The maximum absolute atomic E-state index is 11.3. The molecule has 0 aromatic rings. The van der Waals surface area contributed by atoms with Gasteiger partial charge in [-0.1, -0.05) is 0 Å². The molecule has 0 bridgehead atoms. The van der Waals surface area contributed by atoms with Crippen LogP contribution in [0.2, 0.25) is 0 Å². The SMILES string of the molecule is COC(=O)[C@]1(O)O[C@@H](C)CC[C@H]1OC. The monoisotopic (exact) mass is 204 g/mol. The molecule has 0 radical (unpaired) electrons. The first kappa shape index (κ1) is 11.4. The van der Waals surface area contributed by atoms with Crippen molar-refractivity contribution < 1.29 is 24.1 Å². The molecule has 0 aliphatic carbocycles. The van der Waals surface area contributed by atoms with Gasteiger partial charge in [-0.2, -0.15) is 0 Å². The molecule has 1 saturated heterocycles. The number of esters is 1. The van der Waals surface area contributed by atoms with Gasteiger partial charge < -0.3 is 19.3 Å². The zero-order valence-corrected chi connectivity index (χ0v) is 8.65. The molecule has 0 aromatic heterocycles. The van der Waals surface area contributed by atoms with Crippen LogP contribution in [0.15, 0.2) is 0 Å². The van der Waals surface area contributed by atoms with Gasteiger partial charge in [-0.25, -0.2) is 4.79 Å². The van der Waals surface area contributed by atoms with Gasteiger partial charge in [0.05, 0.1) is 13.2 Å². The van der Waals surface area contributed by atoms with Crippen LogP contribution in [0, 0.1) is 0 Å². The number of carbonyl (C=O) groups excluding carboxylic acids is 1. The second-order valence-electron chi connectivity index (χ2n) is 3.42. The Morgan fingerprint density at radius 2 is 2.14 bits per heavy atom. The molecule has 3 atom stereocenters. The second kappa shape index (κ2) is 4.25. The van der Waals surface area contributed by atoms with Crippen molar-refractivity contribution in [3.05, 3.63) is 0 Å². The fourth-order valence-electron chi connectivity index (χ4n) is 1.63. The van der Waals surface area contributed by atoms with E-state index in [-0.39, 0.29) is 6.10 Å². The molecule has 1 rings (SSSR count). The molecule has 0 unspecified atom stereocenters. The van der Waals surface area contributed by atoms with Gasteiger partial charge in [0.1, 0.15) is 6.10 Å². The van der Waals surface area contributed by atoms with Crippen molar-refractivity contribution in [2.75, 3.05) is 14.2 Å². The van der Waals surface area contributed by atoms with Crippen LogP contribution in [0.3, 0.4) is 0 Å². The molecule has 1 fully saturated rings. The lowest BCUT2D eigenvalue weighted by atomic mass is 9.98. The van der Waals surface area contributed by atoms with E-state index in [9.17, 15) is 9.90 Å². The maximum Gasteiger partial charge on any atom is 0.369 e. The lowest BCUT2D eigenvalue weighted by Gasteiger charge is -2.38. The third kappa shape index (κ3) is 1.89. The largest absolute Gasteiger partial charge is 0.465 e. The van der Waals surface area contributed by atoms with Crippen molar-refractivity contribution in [3.63, 3.8) is 0 Å². The lowest BCUT2D eigenvalue weighted by Crippen LogP contribution is -2.57. The molecule has 1 heterocycles. The Labute approximate surface area is 82.9 Å². The molecular formula is C9H16O5. The highest BCUT2D eigenvalue weighted by atomic mass is 16.7. The van der Waals surface area contributed by atoms with Crippen molar-refractivity contribution in [1.82, 2.24) is 0 Å². The molecule has 0 saturated carbocycles. The summed E-state index contributed by atoms with van der Waals surface area (Å²) in [6.07, 6.45) is 0.484. The number of hydrogen-bond donors (Lipinski definition) is 1. The minimum absolute atomic E-state index is 0.175. The van der Waals surface area contributed by atoms with Crippen molar-refractivity contribution >= 4 is 5.97 Å². The first-order valence-corrected chi connectivity index (χ1v) is 4.56. The normalized spacial score (nSPS) is 38.0. The molecular weight excluding hydrogens is 188 g/mol. The van der Waals surface area contributed by atoms with Gasteiger partial charge in [0.25, 0.3) is 5.79 Å². The Bertz CT molecular complexity index is 217. The van der Waals surface area contributed by atoms with Gasteiger partial charge in [-0.05, 0) is 19.8 Å². The Morgan fingerprint density at radius 1 is 1.50 bits per heavy atom. The smallest absolute Gasteiger partial charge is 0.369 e. The minimum atomic E-state index is -1.96. The topological polar surface area (TPSA) is 65.0 Å². The van der Waals surface area contributed by atoms with Crippen LogP contribution >= 0.6 is 0 Å². The standard InChI is InChI=1S/C9H16O5/c1-6-4-5-7(12-2)9(11,14-6)8(10)13-3/h6-7,11H,4-5H2,1-3H3/t6-,7+,9+/m0/s1. The Kier molecular flexibility index (Phi) is 3.47. The second-order valence-corrected chi connectivity index (χ2v) is 3.42. The van der Waals surface area contributed by atoms with E-state index in [1.54, 1.807) is 6.92 Å². The van der Waals surface area contributed by atoms with Gasteiger partial charge in [0.15, 0.2) is 0 Å². The summed E-state index contributed by atoms with van der Waals surface area (Å²) >= 11 is 0. The van der Waals surface area contributed by atoms with E-state index < -0.39 is 17.9 Å². The van der Waals surface area contributed by atoms with Crippen molar-refractivity contribution in [2.24, 2.45) is 0 Å². The molecule has 0 spiro atoms. The van der Waals surface area contributed by atoms with Crippen LogP contribution in [0.5, 0.6) is 0 Å². The Morgan fingerprint density at radius 3 is 2.64 bits per heavy atom. The van der Waals surface area contributed by atoms with E-state index >= 15 is 0 Å². The van der Waals surface area contributed by atoms with Crippen molar-refractivity contribution in [3.8, 4) is 0 Å². The zero-order valence-electron chi connectivity index (χ0n) is 8.65. The van der Waals surface area contributed by atoms with E-state index in [2.05, 4.69) is 4.74 Å². The van der Waals surface area contributed by atoms with Gasteiger partial charge in [-0.15, -0.1) is 0 Å². The molecule has 5 heteroatoms. The molecule has 1 N–H and O–H groups in total. The summed E-state index contributed by atoms with van der Waals surface area (Å²) < 4.78 is 14.7. The van der Waals surface area contributed by atoms with E-state index in [0.717, 1.165) is 6.42 Å². The molecule has 1 aliphatic rings. The molecule has 0 aromatic carbocycles. The Balaban J connectivity index is 2.82. The first-order chi connectivity index (χ1) is 6.54. The fourth-order valence-corrected chi connectivity index (χ4v) is 1.63. The summed E-state index contributed by atoms with van der Waals surface area (Å²) in [5.41, 5.74) is 0. The number of hydrogen-bond acceptors (Lipinski definition) is 5. The predicted octanol–water partition coefficient (Wildman–Crippen LogP) is 0.0619. The summed E-state index contributed by atoms with van der Waals surface area (Å²) in [5, 5.41) is 9.95. The molecule has 5 nitrogen and oxygen atoms in total. The van der Waals surface area contributed by atoms with E-state index in [1.165, 1.54) is 14.2 Å². The quantitative estimate of drug-likeness (QED) is 0.644. The molecule has 14 heavy (non-hydrogen) atoms. The van der Waals surface area contributed by atoms with Crippen LogP contribution in [0.25, 0.3) is 0 Å². The molecule has 0 amide bonds. The van der Waals surface area contributed by atoms with Crippen LogP contribution < -0.4 is 0 Å². The highest BCUT2D eigenvalue weighted by Gasteiger charge is 2.50. The van der Waals surface area contributed by atoms with Gasteiger partial charge in [0, 0.05) is 7.11 Å². The van der Waals surface area contributed by atoms with Gasteiger partial charge in [0.2, 0.25) is 0 Å². The molecule has 1 aliphatic heterocycles. The summed E-state index contributed by atoms with van der Waals surface area (Å²) in [6, 6.07) is 0. The van der Waals surface area contributed by atoms with E-state index in [1.807, 2.05) is 0 Å². The first-order valence-electron chi connectivity index (χ1n) is 4.56. The zero-order chi connectivity index (χ0) is 10.8. The van der Waals surface area contributed by atoms with E-state index in [0.29, 0.717) is 6.42 Å². The highest BCUT2D eigenvalue weighted by Crippen LogP contribution is 2.29. The van der Waals surface area contributed by atoms with Crippen molar-refractivity contribution in [1.29, 1.82) is 0 Å². The number of methoxy groups -OCH3 is 2. The van der Waals surface area contributed by atoms with E-state index in [4.69, 9.17) is 9.47 Å². The third-order valence-electron chi connectivity index (χ3n) is 2.42.